The first-order valence-corrected chi connectivity index (χ1v) is 7.18. The Morgan fingerprint density at radius 3 is 2.67 bits per heavy atom. The monoisotopic (exact) mass is 294 g/mol. The van der Waals surface area contributed by atoms with Crippen LogP contribution in [0.4, 0.5) is 4.39 Å². The zero-order chi connectivity index (χ0) is 15.2. The number of hydrogen-bond acceptors (Lipinski definition) is 3. The molecule has 1 aromatic carbocycles. The number of carbonyl (C=O) groups excluding carboxylic acids is 1. The number of carbonyl (C=O) groups is 1. The highest BCUT2D eigenvalue weighted by Crippen LogP contribution is 2.24. The molecular weight excluding hydrogens is 275 g/mol. The van der Waals surface area contributed by atoms with Gasteiger partial charge >= 0.3 is 0 Å². The number of amides is 1. The van der Waals surface area contributed by atoms with E-state index in [1.54, 1.807) is 17.0 Å². The molecule has 2 rings (SSSR count). The molecule has 1 fully saturated rings. The molecule has 1 amide bonds. The van der Waals surface area contributed by atoms with Crippen LogP contribution in [0.5, 0.6) is 0 Å². The van der Waals surface area contributed by atoms with Crippen LogP contribution >= 0.6 is 0 Å². The predicted molar refractivity (Wildman–Crippen MR) is 75.6 cm³/mol. The van der Waals surface area contributed by atoms with Gasteiger partial charge in [-0.2, -0.15) is 0 Å². The van der Waals surface area contributed by atoms with E-state index in [4.69, 9.17) is 0 Å². The van der Waals surface area contributed by atoms with Gasteiger partial charge in [0.1, 0.15) is 5.82 Å². The van der Waals surface area contributed by atoms with Gasteiger partial charge in [-0.3, -0.25) is 14.9 Å². The third-order valence-corrected chi connectivity index (χ3v) is 3.86. The summed E-state index contributed by atoms with van der Waals surface area (Å²) in [6.07, 6.45) is 2.60. The fourth-order valence-electron chi connectivity index (χ4n) is 2.67. The maximum Gasteiger partial charge on any atom is 0.223 e. The van der Waals surface area contributed by atoms with Gasteiger partial charge in [-0.15, -0.1) is 0 Å². The van der Waals surface area contributed by atoms with Crippen LogP contribution in [0.1, 0.15) is 31.2 Å². The summed E-state index contributed by atoms with van der Waals surface area (Å²) >= 11 is 0. The van der Waals surface area contributed by atoms with E-state index < -0.39 is 0 Å². The van der Waals surface area contributed by atoms with Gasteiger partial charge in [0, 0.05) is 30.9 Å². The highest BCUT2D eigenvalue weighted by molar-refractivity contribution is 5.77. The minimum atomic E-state index is -0.314. The molecule has 0 N–H and O–H groups in total. The maximum absolute atomic E-state index is 12.8. The lowest BCUT2D eigenvalue weighted by molar-refractivity contribution is -0.480. The standard InChI is InChI=1S/C15H19FN2O3/c16-14-5-3-13(4-6-14)11-17-9-7-12(10-15(17)19)2-1-8-18(20)21/h3-6,12H,1-2,7-11H2. The van der Waals surface area contributed by atoms with Gasteiger partial charge in [0.25, 0.3) is 0 Å². The van der Waals surface area contributed by atoms with Crippen molar-refractivity contribution in [2.24, 2.45) is 5.92 Å². The van der Waals surface area contributed by atoms with E-state index in [0.29, 0.717) is 25.9 Å². The van der Waals surface area contributed by atoms with E-state index in [9.17, 15) is 19.3 Å². The second-order valence-corrected chi connectivity index (χ2v) is 5.50. The summed E-state index contributed by atoms with van der Waals surface area (Å²) in [5.74, 6) is 0.0492. The Hall–Kier alpha value is -1.98. The maximum atomic E-state index is 12.8. The van der Waals surface area contributed by atoms with Gasteiger partial charge in [0.05, 0.1) is 0 Å². The van der Waals surface area contributed by atoms with Crippen molar-refractivity contribution >= 4 is 5.91 Å². The smallest absolute Gasteiger partial charge is 0.223 e. The molecule has 0 aromatic heterocycles. The quantitative estimate of drug-likeness (QED) is 0.598. The Morgan fingerprint density at radius 2 is 2.05 bits per heavy atom. The molecule has 1 aromatic rings. The SMILES string of the molecule is O=C1CC(CCC[N+](=O)[O-])CCN1Cc1ccc(F)cc1. The molecule has 1 atom stereocenters. The number of rotatable bonds is 6. The lowest BCUT2D eigenvalue weighted by Gasteiger charge is -2.31. The van der Waals surface area contributed by atoms with Crippen molar-refractivity contribution in [1.82, 2.24) is 4.90 Å². The molecule has 1 saturated heterocycles. The van der Waals surface area contributed by atoms with Gasteiger partial charge in [-0.1, -0.05) is 12.1 Å². The van der Waals surface area contributed by atoms with Crippen molar-refractivity contribution < 1.29 is 14.1 Å². The van der Waals surface area contributed by atoms with E-state index in [0.717, 1.165) is 18.4 Å². The Labute approximate surface area is 122 Å². The molecule has 1 aliphatic heterocycles. The summed E-state index contributed by atoms with van der Waals surface area (Å²) < 4.78 is 12.8. The second-order valence-electron chi connectivity index (χ2n) is 5.50. The predicted octanol–water partition coefficient (Wildman–Crippen LogP) is 2.62. The van der Waals surface area contributed by atoms with Crippen molar-refractivity contribution in [2.75, 3.05) is 13.1 Å². The number of halogens is 1. The molecule has 114 valence electrons. The van der Waals surface area contributed by atoms with Crippen LogP contribution < -0.4 is 0 Å². The molecule has 5 nitrogen and oxygen atoms in total. The van der Waals surface area contributed by atoms with Gasteiger partial charge in [0.15, 0.2) is 0 Å². The third kappa shape index (κ3) is 4.81. The van der Waals surface area contributed by atoms with Crippen LogP contribution in [-0.2, 0) is 11.3 Å². The average Bonchev–Trinajstić information content (AvgIpc) is 2.44. The van der Waals surface area contributed by atoms with Crippen LogP contribution in [-0.4, -0.2) is 28.8 Å². The zero-order valence-electron chi connectivity index (χ0n) is 11.8. The summed E-state index contributed by atoms with van der Waals surface area (Å²) in [5, 5.41) is 10.3. The summed E-state index contributed by atoms with van der Waals surface area (Å²) in [5.41, 5.74) is 0.913. The van der Waals surface area contributed by atoms with Crippen molar-refractivity contribution in [1.29, 1.82) is 0 Å². The number of hydrogen-bond donors (Lipinski definition) is 0. The normalized spacial score (nSPS) is 18.8. The van der Waals surface area contributed by atoms with Crippen LogP contribution in [0.25, 0.3) is 0 Å². The molecule has 6 heteroatoms. The molecule has 21 heavy (non-hydrogen) atoms. The molecule has 1 aliphatic rings. The van der Waals surface area contributed by atoms with Crippen molar-refractivity contribution in [2.45, 2.75) is 32.2 Å². The molecule has 0 bridgehead atoms. The van der Waals surface area contributed by atoms with Gasteiger partial charge in [-0.25, -0.2) is 4.39 Å². The first-order valence-electron chi connectivity index (χ1n) is 7.18. The summed E-state index contributed by atoms with van der Waals surface area (Å²) in [7, 11) is 0. The number of piperidine rings is 1. The van der Waals surface area contributed by atoms with E-state index in [1.165, 1.54) is 12.1 Å². The largest absolute Gasteiger partial charge is 0.338 e. The lowest BCUT2D eigenvalue weighted by Crippen LogP contribution is -2.38. The molecule has 1 heterocycles. The molecule has 0 spiro atoms. The molecule has 1 unspecified atom stereocenters. The van der Waals surface area contributed by atoms with Crippen LogP contribution in [0.3, 0.4) is 0 Å². The zero-order valence-corrected chi connectivity index (χ0v) is 11.8. The summed E-state index contributed by atoms with van der Waals surface area (Å²) in [6, 6.07) is 6.16. The van der Waals surface area contributed by atoms with E-state index in [2.05, 4.69) is 0 Å². The number of likely N-dealkylation sites (tertiary alicyclic amines) is 1. The van der Waals surface area contributed by atoms with E-state index in [-0.39, 0.29) is 29.1 Å². The first kappa shape index (κ1) is 15.4. The molecular formula is C15H19FN2O3. The molecule has 0 radical (unpaired) electrons. The van der Waals surface area contributed by atoms with E-state index >= 15 is 0 Å². The molecule has 0 saturated carbocycles. The fourth-order valence-corrected chi connectivity index (χ4v) is 2.67. The van der Waals surface area contributed by atoms with Gasteiger partial charge in [-0.05, 0) is 36.5 Å². The minimum absolute atomic E-state index is 0.0238. The fraction of sp³-hybridized carbons (Fsp3) is 0.533. The van der Waals surface area contributed by atoms with Crippen LogP contribution in [0.2, 0.25) is 0 Å². The third-order valence-electron chi connectivity index (χ3n) is 3.86. The van der Waals surface area contributed by atoms with Crippen molar-refractivity contribution in [3.63, 3.8) is 0 Å². The van der Waals surface area contributed by atoms with E-state index in [1.807, 2.05) is 0 Å². The second kappa shape index (κ2) is 7.15. The number of nitro groups is 1. The molecule has 0 aliphatic carbocycles. The van der Waals surface area contributed by atoms with Gasteiger partial charge < -0.3 is 4.90 Å². The Morgan fingerprint density at radius 1 is 1.33 bits per heavy atom. The lowest BCUT2D eigenvalue weighted by atomic mass is 9.91. The Balaban J connectivity index is 1.79. The highest BCUT2D eigenvalue weighted by atomic mass is 19.1. The number of nitrogens with zero attached hydrogens (tertiary/aromatic N) is 2. The van der Waals surface area contributed by atoms with Crippen molar-refractivity contribution in [3.05, 3.63) is 45.8 Å². The first-order chi connectivity index (χ1) is 10.0. The Bertz CT molecular complexity index is 504. The minimum Gasteiger partial charge on any atom is -0.338 e. The topological polar surface area (TPSA) is 63.4 Å². The Kier molecular flexibility index (Phi) is 5.25. The highest BCUT2D eigenvalue weighted by Gasteiger charge is 2.25. The summed E-state index contributed by atoms with van der Waals surface area (Å²) in [4.78, 5) is 23.8. The van der Waals surface area contributed by atoms with Gasteiger partial charge in [0.2, 0.25) is 12.5 Å². The number of benzene rings is 1. The van der Waals surface area contributed by atoms with Crippen LogP contribution in [0, 0.1) is 21.8 Å². The van der Waals surface area contributed by atoms with Crippen molar-refractivity contribution in [3.8, 4) is 0 Å². The average molecular weight is 294 g/mol. The summed E-state index contributed by atoms with van der Waals surface area (Å²) in [6.45, 7) is 1.14. The van der Waals surface area contributed by atoms with Crippen LogP contribution in [0.15, 0.2) is 24.3 Å².